The van der Waals surface area contributed by atoms with Gasteiger partial charge in [0.1, 0.15) is 0 Å². The fourth-order valence-electron chi connectivity index (χ4n) is 4.18. The highest BCUT2D eigenvalue weighted by atomic mass is 16.5. The molecule has 0 aliphatic carbocycles. The first-order chi connectivity index (χ1) is 15.2. The van der Waals surface area contributed by atoms with Crippen LogP contribution < -0.4 is 16.0 Å². The largest absolute Gasteiger partial charge is 0.356 e. The predicted octanol–water partition coefficient (Wildman–Crippen LogP) is 3.05. The predicted molar refractivity (Wildman–Crippen MR) is 125 cm³/mol. The van der Waals surface area contributed by atoms with E-state index < -0.39 is 0 Å². The number of aromatic nitrogens is 1. The van der Waals surface area contributed by atoms with Gasteiger partial charge in [0.05, 0.1) is 5.69 Å². The number of nitrogens with one attached hydrogen (secondary N) is 3. The molecule has 0 bridgehead atoms. The van der Waals surface area contributed by atoms with Gasteiger partial charge in [-0.15, -0.1) is 0 Å². The Hall–Kier alpha value is -2.67. The van der Waals surface area contributed by atoms with E-state index in [4.69, 9.17) is 4.52 Å². The lowest BCUT2D eigenvalue weighted by molar-refractivity contribution is -0.123. The zero-order chi connectivity index (χ0) is 23.1. The highest BCUT2D eigenvalue weighted by molar-refractivity contribution is 5.76. The Morgan fingerprint density at radius 1 is 1.12 bits per heavy atom. The van der Waals surface area contributed by atoms with Crippen molar-refractivity contribution in [1.29, 1.82) is 0 Å². The van der Waals surface area contributed by atoms with E-state index in [0.717, 1.165) is 42.9 Å². The normalized spacial score (nSPS) is 18.9. The van der Waals surface area contributed by atoms with Crippen LogP contribution in [0, 0.1) is 11.8 Å². The number of piperidine rings is 1. The minimum Gasteiger partial charge on any atom is -0.356 e. The number of nitrogens with zero attached hydrogens (tertiary/aromatic N) is 1. The Morgan fingerprint density at radius 2 is 1.84 bits per heavy atom. The second-order valence-electron chi connectivity index (χ2n) is 9.76. The van der Waals surface area contributed by atoms with Crippen LogP contribution in [-0.2, 0) is 21.4 Å². The number of rotatable bonds is 8. The van der Waals surface area contributed by atoms with E-state index in [2.05, 4.69) is 66.1 Å². The standard InChI is InChI=1S/C25H36N4O3/c1-17(30)27-11-12-28-24(31)14-19-9-10-26-16-20(19)13-22-15-23(32-29-22)18-5-7-21(8-6-18)25(2,3)4/h5-8,15,19-20,26H,9-14,16H2,1-4H3,(H,27,30)(H,28,31)/t19-,20-/m0/s1. The quantitative estimate of drug-likeness (QED) is 0.548. The molecule has 3 N–H and O–H groups in total. The van der Waals surface area contributed by atoms with E-state index in [1.807, 2.05) is 6.07 Å². The van der Waals surface area contributed by atoms with Crippen molar-refractivity contribution in [3.05, 3.63) is 41.6 Å². The van der Waals surface area contributed by atoms with E-state index in [-0.39, 0.29) is 17.2 Å². The van der Waals surface area contributed by atoms with Crippen molar-refractivity contribution in [3.63, 3.8) is 0 Å². The van der Waals surface area contributed by atoms with Gasteiger partial charge in [-0.05, 0) is 48.7 Å². The van der Waals surface area contributed by atoms with Crippen molar-refractivity contribution in [2.75, 3.05) is 26.2 Å². The van der Waals surface area contributed by atoms with Gasteiger partial charge >= 0.3 is 0 Å². The summed E-state index contributed by atoms with van der Waals surface area (Å²) >= 11 is 0. The van der Waals surface area contributed by atoms with Crippen molar-refractivity contribution in [1.82, 2.24) is 21.1 Å². The zero-order valence-corrected chi connectivity index (χ0v) is 19.7. The summed E-state index contributed by atoms with van der Waals surface area (Å²) in [4.78, 5) is 23.3. The molecule has 7 nitrogen and oxygen atoms in total. The fraction of sp³-hybridized carbons (Fsp3) is 0.560. The van der Waals surface area contributed by atoms with Crippen molar-refractivity contribution >= 4 is 11.8 Å². The Balaban J connectivity index is 1.56. The summed E-state index contributed by atoms with van der Waals surface area (Å²) < 4.78 is 5.63. The molecule has 0 spiro atoms. The smallest absolute Gasteiger partial charge is 0.220 e. The van der Waals surface area contributed by atoms with Gasteiger partial charge < -0.3 is 20.5 Å². The highest BCUT2D eigenvalue weighted by Gasteiger charge is 2.28. The van der Waals surface area contributed by atoms with Gasteiger partial charge in [0.25, 0.3) is 0 Å². The number of hydrogen-bond acceptors (Lipinski definition) is 5. The van der Waals surface area contributed by atoms with Crippen LogP contribution in [0.3, 0.4) is 0 Å². The van der Waals surface area contributed by atoms with Crippen molar-refractivity contribution in [2.24, 2.45) is 11.8 Å². The summed E-state index contributed by atoms with van der Waals surface area (Å²) in [6.45, 7) is 10.8. The molecule has 1 aliphatic heterocycles. The molecular formula is C25H36N4O3. The Morgan fingerprint density at radius 3 is 2.53 bits per heavy atom. The molecule has 2 heterocycles. The SMILES string of the molecule is CC(=O)NCCNC(=O)C[C@@H]1CCNC[C@@H]1Cc1cc(-c2ccc(C(C)(C)C)cc2)on1. The van der Waals surface area contributed by atoms with Crippen LogP contribution in [0.25, 0.3) is 11.3 Å². The maximum Gasteiger partial charge on any atom is 0.220 e. The summed E-state index contributed by atoms with van der Waals surface area (Å²) in [5, 5.41) is 13.3. The molecule has 1 aromatic carbocycles. The average Bonchev–Trinajstić information content (AvgIpc) is 3.20. The van der Waals surface area contributed by atoms with Crippen molar-refractivity contribution < 1.29 is 14.1 Å². The number of amides is 2. The van der Waals surface area contributed by atoms with Crippen LogP contribution in [0.15, 0.2) is 34.9 Å². The van der Waals surface area contributed by atoms with Crippen LogP contribution in [0.4, 0.5) is 0 Å². The molecule has 7 heteroatoms. The zero-order valence-electron chi connectivity index (χ0n) is 19.7. The summed E-state index contributed by atoms with van der Waals surface area (Å²) in [7, 11) is 0. The third kappa shape index (κ3) is 6.92. The number of hydrogen-bond donors (Lipinski definition) is 3. The summed E-state index contributed by atoms with van der Waals surface area (Å²) in [6, 6.07) is 10.5. The van der Waals surface area contributed by atoms with Gasteiger partial charge in [0, 0.05) is 38.1 Å². The molecule has 0 radical (unpaired) electrons. The first kappa shape index (κ1) is 24.0. The molecule has 32 heavy (non-hydrogen) atoms. The highest BCUT2D eigenvalue weighted by Crippen LogP contribution is 2.29. The van der Waals surface area contributed by atoms with Crippen molar-refractivity contribution in [2.45, 2.75) is 52.4 Å². The lowest BCUT2D eigenvalue weighted by Crippen LogP contribution is -2.41. The number of carbonyl (C=O) groups excluding carboxylic acids is 2. The maximum atomic E-state index is 12.4. The first-order valence-electron chi connectivity index (χ1n) is 11.5. The topological polar surface area (TPSA) is 96.3 Å². The molecule has 2 aromatic rings. The van der Waals surface area contributed by atoms with Gasteiger partial charge in [-0.1, -0.05) is 50.2 Å². The molecule has 1 aromatic heterocycles. The lowest BCUT2D eigenvalue weighted by atomic mass is 9.81. The summed E-state index contributed by atoms with van der Waals surface area (Å²) in [5.74, 6) is 1.34. The molecule has 0 unspecified atom stereocenters. The number of carbonyl (C=O) groups is 2. The van der Waals surface area contributed by atoms with E-state index in [1.165, 1.54) is 12.5 Å². The second-order valence-corrected chi connectivity index (χ2v) is 9.76. The molecule has 2 atom stereocenters. The van der Waals surface area contributed by atoms with E-state index in [9.17, 15) is 9.59 Å². The maximum absolute atomic E-state index is 12.4. The summed E-state index contributed by atoms with van der Waals surface area (Å²) in [6.07, 6.45) is 2.23. The molecule has 2 amide bonds. The van der Waals surface area contributed by atoms with E-state index in [0.29, 0.717) is 31.3 Å². The minimum atomic E-state index is -0.0882. The van der Waals surface area contributed by atoms with Crippen LogP contribution >= 0.6 is 0 Å². The second kappa shape index (κ2) is 10.8. The minimum absolute atomic E-state index is 0.0343. The van der Waals surface area contributed by atoms with Crippen molar-refractivity contribution in [3.8, 4) is 11.3 Å². The molecule has 0 saturated carbocycles. The lowest BCUT2D eigenvalue weighted by Gasteiger charge is -2.31. The first-order valence-corrected chi connectivity index (χ1v) is 11.5. The van der Waals surface area contributed by atoms with Gasteiger partial charge in [-0.25, -0.2) is 0 Å². The number of benzene rings is 1. The van der Waals surface area contributed by atoms with E-state index in [1.54, 1.807) is 0 Å². The Kier molecular flexibility index (Phi) is 8.07. The van der Waals surface area contributed by atoms with Crippen LogP contribution in [-0.4, -0.2) is 43.2 Å². The third-order valence-electron chi connectivity index (χ3n) is 6.10. The van der Waals surface area contributed by atoms with Gasteiger partial charge in [0.2, 0.25) is 11.8 Å². The molecule has 1 fully saturated rings. The third-order valence-corrected chi connectivity index (χ3v) is 6.10. The van der Waals surface area contributed by atoms with Gasteiger partial charge in [-0.3, -0.25) is 9.59 Å². The van der Waals surface area contributed by atoms with E-state index >= 15 is 0 Å². The van der Waals surface area contributed by atoms with Gasteiger partial charge in [0.15, 0.2) is 5.76 Å². The monoisotopic (exact) mass is 440 g/mol. The molecule has 3 rings (SSSR count). The van der Waals surface area contributed by atoms with Crippen LogP contribution in [0.5, 0.6) is 0 Å². The summed E-state index contributed by atoms with van der Waals surface area (Å²) in [5.41, 5.74) is 3.34. The molecule has 1 aliphatic rings. The molecule has 174 valence electrons. The Labute approximate surface area is 190 Å². The van der Waals surface area contributed by atoms with Gasteiger partial charge in [-0.2, -0.15) is 0 Å². The van der Waals surface area contributed by atoms with Crippen LogP contribution in [0.1, 0.15) is 51.8 Å². The average molecular weight is 441 g/mol. The van der Waals surface area contributed by atoms with Crippen LogP contribution in [0.2, 0.25) is 0 Å². The fourth-order valence-corrected chi connectivity index (χ4v) is 4.18. The molecular weight excluding hydrogens is 404 g/mol. The Bertz CT molecular complexity index is 899. The molecule has 1 saturated heterocycles.